The minimum Gasteiger partial charge on any atom is -0.388 e. The molecule has 0 saturated heterocycles. The first-order chi connectivity index (χ1) is 7.67. The number of hydrogen-bond donors (Lipinski definition) is 2. The van der Waals surface area contributed by atoms with E-state index in [0.29, 0.717) is 10.7 Å². The summed E-state index contributed by atoms with van der Waals surface area (Å²) in [6, 6.07) is 3.81. The van der Waals surface area contributed by atoms with Crippen LogP contribution >= 0.6 is 12.2 Å². The topological polar surface area (TPSA) is 50.9 Å². The van der Waals surface area contributed by atoms with Gasteiger partial charge >= 0.3 is 0 Å². The molecular weight excluding hydrogens is 218 g/mol. The maximum absolute atomic E-state index is 5.48. The van der Waals surface area contributed by atoms with Crippen molar-refractivity contribution in [1.82, 2.24) is 4.98 Å². The first-order valence-corrected chi connectivity index (χ1v) is 6.07. The molecule has 0 saturated carbocycles. The minimum absolute atomic E-state index is 0.339. The monoisotopic (exact) mass is 237 g/mol. The van der Waals surface area contributed by atoms with Gasteiger partial charge in [0.25, 0.3) is 0 Å². The van der Waals surface area contributed by atoms with E-state index in [1.54, 1.807) is 6.20 Å². The van der Waals surface area contributed by atoms with Gasteiger partial charge in [-0.3, -0.25) is 4.98 Å². The fraction of sp³-hybridized carbons (Fsp3) is 0.500. The fourth-order valence-corrected chi connectivity index (χ4v) is 1.60. The Balaban J connectivity index is 2.52. The van der Waals surface area contributed by atoms with Crippen LogP contribution in [0.2, 0.25) is 0 Å². The Hall–Kier alpha value is -1.16. The summed E-state index contributed by atoms with van der Waals surface area (Å²) in [6.45, 7) is 5.41. The number of rotatable bonds is 6. The van der Waals surface area contributed by atoms with Crippen molar-refractivity contribution in [3.63, 3.8) is 0 Å². The Morgan fingerprint density at radius 2 is 2.12 bits per heavy atom. The van der Waals surface area contributed by atoms with Crippen LogP contribution < -0.4 is 11.1 Å². The van der Waals surface area contributed by atoms with Gasteiger partial charge in [-0.25, -0.2) is 0 Å². The number of nitrogens with one attached hydrogen (secondary N) is 1. The second kappa shape index (κ2) is 6.43. The summed E-state index contributed by atoms with van der Waals surface area (Å²) in [4.78, 5) is 4.52. The second-order valence-electron chi connectivity index (χ2n) is 3.86. The molecule has 0 amide bonds. The summed E-state index contributed by atoms with van der Waals surface area (Å²) in [5.41, 5.74) is 7.17. The molecule has 0 bridgehead atoms. The molecule has 1 aromatic heterocycles. The molecule has 0 unspecified atom stereocenters. The van der Waals surface area contributed by atoms with E-state index in [1.807, 2.05) is 12.1 Å². The molecule has 16 heavy (non-hydrogen) atoms. The summed E-state index contributed by atoms with van der Waals surface area (Å²) < 4.78 is 0. The molecule has 0 spiro atoms. The lowest BCUT2D eigenvalue weighted by Gasteiger charge is -2.14. The first-order valence-electron chi connectivity index (χ1n) is 5.67. The van der Waals surface area contributed by atoms with Crippen LogP contribution in [0.1, 0.15) is 32.4 Å². The van der Waals surface area contributed by atoms with Crippen molar-refractivity contribution in [2.24, 2.45) is 11.7 Å². The second-order valence-corrected chi connectivity index (χ2v) is 4.30. The average molecular weight is 237 g/mol. The van der Waals surface area contributed by atoms with Crippen molar-refractivity contribution in [2.75, 3.05) is 11.9 Å². The molecule has 4 heteroatoms. The van der Waals surface area contributed by atoms with Crippen LogP contribution in [0.4, 0.5) is 5.69 Å². The quantitative estimate of drug-likeness (QED) is 0.747. The van der Waals surface area contributed by atoms with E-state index in [1.165, 1.54) is 12.8 Å². The van der Waals surface area contributed by atoms with E-state index in [9.17, 15) is 0 Å². The third-order valence-corrected chi connectivity index (χ3v) is 2.97. The molecule has 3 nitrogen and oxygen atoms in total. The largest absolute Gasteiger partial charge is 0.388 e. The number of anilines is 1. The lowest BCUT2D eigenvalue weighted by molar-refractivity contribution is 0.519. The number of aromatic nitrogens is 1. The van der Waals surface area contributed by atoms with Crippen LogP contribution in [-0.4, -0.2) is 16.5 Å². The maximum atomic E-state index is 5.48. The average Bonchev–Trinajstić information content (AvgIpc) is 2.31. The minimum atomic E-state index is 0.339. The van der Waals surface area contributed by atoms with E-state index in [0.717, 1.165) is 18.2 Å². The van der Waals surface area contributed by atoms with E-state index >= 15 is 0 Å². The highest BCUT2D eigenvalue weighted by Crippen LogP contribution is 2.11. The third-order valence-electron chi connectivity index (χ3n) is 2.77. The van der Waals surface area contributed by atoms with Crippen LogP contribution in [0.25, 0.3) is 0 Å². The molecule has 0 fully saturated rings. The summed E-state index contributed by atoms with van der Waals surface area (Å²) in [7, 11) is 0. The lowest BCUT2D eigenvalue weighted by Crippen LogP contribution is -2.14. The van der Waals surface area contributed by atoms with Crippen molar-refractivity contribution in [2.45, 2.75) is 26.7 Å². The zero-order valence-electron chi connectivity index (χ0n) is 9.86. The van der Waals surface area contributed by atoms with Crippen molar-refractivity contribution in [1.29, 1.82) is 0 Å². The van der Waals surface area contributed by atoms with Gasteiger partial charge in [0.05, 0.1) is 17.6 Å². The number of nitrogens with zero attached hydrogens (tertiary/aromatic N) is 1. The predicted molar refractivity (Wildman–Crippen MR) is 72.7 cm³/mol. The van der Waals surface area contributed by atoms with E-state index < -0.39 is 0 Å². The van der Waals surface area contributed by atoms with Gasteiger partial charge in [-0.2, -0.15) is 0 Å². The molecule has 1 aromatic rings. The Morgan fingerprint density at radius 1 is 1.44 bits per heavy atom. The molecule has 0 aliphatic heterocycles. The molecule has 0 aliphatic rings. The van der Waals surface area contributed by atoms with Gasteiger partial charge in [0.15, 0.2) is 0 Å². The molecule has 88 valence electrons. The van der Waals surface area contributed by atoms with Gasteiger partial charge in [0.2, 0.25) is 0 Å². The highest BCUT2D eigenvalue weighted by Gasteiger charge is 2.03. The summed E-state index contributed by atoms with van der Waals surface area (Å²) in [5, 5.41) is 3.37. The molecule has 1 rings (SSSR count). The summed E-state index contributed by atoms with van der Waals surface area (Å²) in [6.07, 6.45) is 4.17. The Bertz CT molecular complexity index is 331. The van der Waals surface area contributed by atoms with Gasteiger partial charge in [-0.1, -0.05) is 38.9 Å². The van der Waals surface area contributed by atoms with E-state index in [2.05, 4.69) is 24.1 Å². The number of nitrogens with two attached hydrogens (primary N) is 1. The molecule has 0 radical (unpaired) electrons. The van der Waals surface area contributed by atoms with Crippen LogP contribution in [0.5, 0.6) is 0 Å². The zero-order valence-corrected chi connectivity index (χ0v) is 10.7. The Morgan fingerprint density at radius 3 is 2.56 bits per heavy atom. The summed E-state index contributed by atoms with van der Waals surface area (Å²) in [5.74, 6) is 0.718. The number of hydrogen-bond acceptors (Lipinski definition) is 3. The molecule has 0 aromatic carbocycles. The van der Waals surface area contributed by atoms with Gasteiger partial charge in [-0.05, 0) is 18.1 Å². The smallest absolute Gasteiger partial charge is 0.122 e. The predicted octanol–water partition coefficient (Wildman–Crippen LogP) is 2.56. The van der Waals surface area contributed by atoms with Gasteiger partial charge in [0, 0.05) is 6.54 Å². The van der Waals surface area contributed by atoms with Crippen molar-refractivity contribution in [3.05, 3.63) is 24.0 Å². The number of thiocarbonyl (C=S) groups is 1. The Kier molecular flexibility index (Phi) is 5.19. The lowest BCUT2D eigenvalue weighted by atomic mass is 10.0. The van der Waals surface area contributed by atoms with Crippen LogP contribution in [0.15, 0.2) is 18.3 Å². The summed E-state index contributed by atoms with van der Waals surface area (Å²) >= 11 is 4.84. The van der Waals surface area contributed by atoms with E-state index in [4.69, 9.17) is 18.0 Å². The maximum Gasteiger partial charge on any atom is 0.122 e. The van der Waals surface area contributed by atoms with Gasteiger partial charge in [-0.15, -0.1) is 0 Å². The van der Waals surface area contributed by atoms with Crippen molar-refractivity contribution >= 4 is 22.9 Å². The normalized spacial score (nSPS) is 10.4. The van der Waals surface area contributed by atoms with E-state index in [-0.39, 0.29) is 0 Å². The molecular formula is C12H19N3S. The third kappa shape index (κ3) is 3.77. The highest BCUT2D eigenvalue weighted by atomic mass is 32.1. The first kappa shape index (κ1) is 12.9. The fourth-order valence-electron chi connectivity index (χ4n) is 1.48. The van der Waals surface area contributed by atoms with Crippen LogP contribution in [-0.2, 0) is 0 Å². The number of pyridine rings is 1. The van der Waals surface area contributed by atoms with Crippen LogP contribution in [0, 0.1) is 5.92 Å². The highest BCUT2D eigenvalue weighted by molar-refractivity contribution is 7.80. The van der Waals surface area contributed by atoms with Gasteiger partial charge in [0.1, 0.15) is 4.99 Å². The molecule has 3 N–H and O–H groups in total. The zero-order chi connectivity index (χ0) is 12.0. The standard InChI is InChI=1S/C12H19N3S/c1-3-9(4-2)7-14-10-5-6-11(12(13)16)15-8-10/h5-6,8-9,14H,3-4,7H2,1-2H3,(H2,13,16). The van der Waals surface area contributed by atoms with Crippen molar-refractivity contribution in [3.8, 4) is 0 Å². The van der Waals surface area contributed by atoms with Crippen molar-refractivity contribution < 1.29 is 0 Å². The molecule has 0 aliphatic carbocycles. The SMILES string of the molecule is CCC(CC)CNc1ccc(C(N)=S)nc1. The molecule has 0 atom stereocenters. The van der Waals surface area contributed by atoms with Crippen LogP contribution in [0.3, 0.4) is 0 Å². The van der Waals surface area contributed by atoms with Gasteiger partial charge < -0.3 is 11.1 Å². The Labute approximate surface area is 102 Å². The molecule has 1 heterocycles.